The number of benzene rings is 2. The maximum Gasteiger partial charge on any atom is 0.251 e. The van der Waals surface area contributed by atoms with Crippen molar-refractivity contribution in [3.05, 3.63) is 54.1 Å². The Labute approximate surface area is 130 Å². The molecule has 4 heteroatoms. The third-order valence-electron chi connectivity index (χ3n) is 3.39. The van der Waals surface area contributed by atoms with Crippen molar-refractivity contribution in [3.8, 4) is 16.9 Å². The fourth-order valence-electron chi connectivity index (χ4n) is 2.11. The molecule has 0 atom stereocenters. The molecule has 1 amide bonds. The summed E-state index contributed by atoms with van der Waals surface area (Å²) >= 11 is 0. The summed E-state index contributed by atoms with van der Waals surface area (Å²) in [7, 11) is 1.61. The summed E-state index contributed by atoms with van der Waals surface area (Å²) in [5.41, 5.74) is 1.71. The second-order valence-electron chi connectivity index (χ2n) is 5.78. The van der Waals surface area contributed by atoms with Gasteiger partial charge in [-0.2, -0.15) is 0 Å². The van der Waals surface area contributed by atoms with Crippen LogP contribution in [0.25, 0.3) is 11.1 Å². The van der Waals surface area contributed by atoms with Gasteiger partial charge in [0, 0.05) is 11.1 Å². The molecule has 2 aromatic carbocycles. The fourth-order valence-corrected chi connectivity index (χ4v) is 2.11. The Balaban J connectivity index is 2.38. The van der Waals surface area contributed by atoms with Crippen LogP contribution in [-0.4, -0.2) is 30.3 Å². The monoisotopic (exact) mass is 299 g/mol. The van der Waals surface area contributed by atoms with Gasteiger partial charge in [-0.25, -0.2) is 0 Å². The van der Waals surface area contributed by atoms with E-state index in [2.05, 4.69) is 5.32 Å². The Morgan fingerprint density at radius 3 is 2.45 bits per heavy atom. The van der Waals surface area contributed by atoms with Crippen LogP contribution in [-0.2, 0) is 0 Å². The van der Waals surface area contributed by atoms with Gasteiger partial charge < -0.3 is 15.2 Å². The molecule has 116 valence electrons. The van der Waals surface area contributed by atoms with Crippen LogP contribution in [0.15, 0.2) is 48.5 Å². The maximum absolute atomic E-state index is 12.3. The first-order valence-electron chi connectivity index (χ1n) is 7.13. The van der Waals surface area contributed by atoms with Crippen LogP contribution in [0.5, 0.6) is 5.75 Å². The molecule has 0 aliphatic rings. The largest absolute Gasteiger partial charge is 0.496 e. The molecule has 2 aromatic rings. The van der Waals surface area contributed by atoms with E-state index in [0.29, 0.717) is 11.3 Å². The van der Waals surface area contributed by atoms with Gasteiger partial charge in [-0.3, -0.25) is 4.79 Å². The van der Waals surface area contributed by atoms with Gasteiger partial charge in [0.15, 0.2) is 0 Å². The van der Waals surface area contributed by atoms with Gasteiger partial charge in [0.1, 0.15) is 5.75 Å². The lowest BCUT2D eigenvalue weighted by atomic mass is 10.0. The number of rotatable bonds is 5. The molecule has 0 spiro atoms. The number of hydrogen-bond acceptors (Lipinski definition) is 3. The van der Waals surface area contributed by atoms with E-state index in [1.165, 1.54) is 0 Å². The van der Waals surface area contributed by atoms with Gasteiger partial charge in [0.05, 0.1) is 19.3 Å². The van der Waals surface area contributed by atoms with Gasteiger partial charge in [-0.1, -0.05) is 30.3 Å². The Morgan fingerprint density at radius 1 is 1.18 bits per heavy atom. The molecule has 0 heterocycles. The van der Waals surface area contributed by atoms with Crippen LogP contribution in [0.3, 0.4) is 0 Å². The van der Waals surface area contributed by atoms with Crippen molar-refractivity contribution in [2.45, 2.75) is 19.4 Å². The molecule has 0 saturated carbocycles. The fraction of sp³-hybridized carbons (Fsp3) is 0.278. The van der Waals surface area contributed by atoms with Crippen molar-refractivity contribution < 1.29 is 14.6 Å². The van der Waals surface area contributed by atoms with Crippen LogP contribution >= 0.6 is 0 Å². The topological polar surface area (TPSA) is 58.6 Å². The minimum Gasteiger partial charge on any atom is -0.496 e. The minimum absolute atomic E-state index is 0.125. The van der Waals surface area contributed by atoms with Crippen LogP contribution in [0.4, 0.5) is 0 Å². The van der Waals surface area contributed by atoms with Crippen LogP contribution < -0.4 is 10.1 Å². The Morgan fingerprint density at radius 2 is 1.86 bits per heavy atom. The van der Waals surface area contributed by atoms with Gasteiger partial charge in [0.25, 0.3) is 5.91 Å². The lowest BCUT2D eigenvalue weighted by molar-refractivity contribution is 0.0869. The SMILES string of the molecule is COc1ccc(C(=O)NC(C)(C)CO)cc1-c1ccccc1. The first-order valence-corrected chi connectivity index (χ1v) is 7.13. The quantitative estimate of drug-likeness (QED) is 0.892. The van der Waals surface area contributed by atoms with Gasteiger partial charge in [0.2, 0.25) is 0 Å². The van der Waals surface area contributed by atoms with Crippen LogP contribution in [0.1, 0.15) is 24.2 Å². The summed E-state index contributed by atoms with van der Waals surface area (Å²) < 4.78 is 5.38. The summed E-state index contributed by atoms with van der Waals surface area (Å²) in [6.07, 6.45) is 0. The van der Waals surface area contributed by atoms with E-state index in [1.54, 1.807) is 39.2 Å². The minimum atomic E-state index is -0.663. The van der Waals surface area contributed by atoms with Crippen molar-refractivity contribution in [1.82, 2.24) is 5.32 Å². The summed E-state index contributed by atoms with van der Waals surface area (Å²) in [6, 6.07) is 15.1. The number of carbonyl (C=O) groups excluding carboxylic acids is 1. The second kappa shape index (κ2) is 6.62. The maximum atomic E-state index is 12.3. The lowest BCUT2D eigenvalue weighted by Gasteiger charge is -2.23. The van der Waals surface area contributed by atoms with E-state index in [9.17, 15) is 9.90 Å². The van der Waals surface area contributed by atoms with E-state index in [4.69, 9.17) is 4.74 Å². The van der Waals surface area contributed by atoms with Crippen LogP contribution in [0.2, 0.25) is 0 Å². The Hall–Kier alpha value is -2.33. The Bertz CT molecular complexity index is 651. The molecule has 2 N–H and O–H groups in total. The highest BCUT2D eigenvalue weighted by atomic mass is 16.5. The van der Waals surface area contributed by atoms with Crippen LogP contribution in [0, 0.1) is 0 Å². The molecule has 0 aliphatic heterocycles. The number of aliphatic hydroxyl groups excluding tert-OH is 1. The number of ether oxygens (including phenoxy) is 1. The second-order valence-corrected chi connectivity index (χ2v) is 5.78. The number of aliphatic hydroxyl groups is 1. The third kappa shape index (κ3) is 3.65. The molecule has 22 heavy (non-hydrogen) atoms. The molecule has 0 bridgehead atoms. The highest BCUT2D eigenvalue weighted by Gasteiger charge is 2.20. The molecule has 0 unspecified atom stereocenters. The molecule has 0 radical (unpaired) electrons. The van der Waals surface area contributed by atoms with Crippen molar-refractivity contribution in [2.24, 2.45) is 0 Å². The summed E-state index contributed by atoms with van der Waals surface area (Å²) in [4.78, 5) is 12.3. The predicted octanol–water partition coefficient (Wildman–Crippen LogP) is 2.86. The highest BCUT2D eigenvalue weighted by molar-refractivity contribution is 5.96. The molecule has 2 rings (SSSR count). The Kier molecular flexibility index (Phi) is 4.83. The van der Waals surface area contributed by atoms with Gasteiger partial charge in [-0.05, 0) is 37.6 Å². The number of methoxy groups -OCH3 is 1. The normalized spacial score (nSPS) is 11.1. The zero-order valence-corrected chi connectivity index (χ0v) is 13.1. The number of hydrogen-bond donors (Lipinski definition) is 2. The third-order valence-corrected chi connectivity index (χ3v) is 3.39. The standard InChI is InChI=1S/C18H21NO3/c1-18(2,12-20)19-17(21)14-9-10-16(22-3)15(11-14)13-7-5-4-6-8-13/h4-11,20H,12H2,1-3H3,(H,19,21). The zero-order valence-electron chi connectivity index (χ0n) is 13.1. The first kappa shape index (κ1) is 16.0. The lowest BCUT2D eigenvalue weighted by Crippen LogP contribution is -2.46. The first-order chi connectivity index (χ1) is 10.5. The number of carbonyl (C=O) groups is 1. The zero-order chi connectivity index (χ0) is 16.2. The summed E-state index contributed by atoms with van der Waals surface area (Å²) in [6.45, 7) is 3.42. The molecule has 0 fully saturated rings. The van der Waals surface area contributed by atoms with E-state index in [0.717, 1.165) is 11.1 Å². The molecule has 0 aromatic heterocycles. The average Bonchev–Trinajstić information content (AvgIpc) is 2.54. The van der Waals surface area contributed by atoms with Crippen molar-refractivity contribution >= 4 is 5.91 Å². The molecular formula is C18H21NO3. The summed E-state index contributed by atoms with van der Waals surface area (Å²) in [5, 5.41) is 12.1. The van der Waals surface area contributed by atoms with E-state index in [1.807, 2.05) is 30.3 Å². The molecule has 0 aliphatic carbocycles. The van der Waals surface area contributed by atoms with E-state index >= 15 is 0 Å². The van der Waals surface area contributed by atoms with Gasteiger partial charge in [-0.15, -0.1) is 0 Å². The smallest absolute Gasteiger partial charge is 0.251 e. The average molecular weight is 299 g/mol. The molecule has 4 nitrogen and oxygen atoms in total. The predicted molar refractivity (Wildman–Crippen MR) is 87.1 cm³/mol. The molecular weight excluding hydrogens is 278 g/mol. The number of nitrogens with one attached hydrogen (secondary N) is 1. The van der Waals surface area contributed by atoms with E-state index in [-0.39, 0.29) is 12.5 Å². The van der Waals surface area contributed by atoms with E-state index < -0.39 is 5.54 Å². The van der Waals surface area contributed by atoms with Crippen molar-refractivity contribution in [2.75, 3.05) is 13.7 Å². The van der Waals surface area contributed by atoms with Crippen molar-refractivity contribution in [3.63, 3.8) is 0 Å². The number of amides is 1. The van der Waals surface area contributed by atoms with Crippen molar-refractivity contribution in [1.29, 1.82) is 0 Å². The highest BCUT2D eigenvalue weighted by Crippen LogP contribution is 2.30. The molecule has 0 saturated heterocycles. The summed E-state index contributed by atoms with van der Waals surface area (Å²) in [5.74, 6) is 0.489. The van der Waals surface area contributed by atoms with Gasteiger partial charge >= 0.3 is 0 Å².